The molecule has 2 atom stereocenters. The van der Waals surface area contributed by atoms with Gasteiger partial charge in [0.2, 0.25) is 0 Å². The van der Waals surface area contributed by atoms with E-state index in [0.717, 1.165) is 19.3 Å². The van der Waals surface area contributed by atoms with E-state index in [1.807, 2.05) is 11.8 Å². The van der Waals surface area contributed by atoms with Gasteiger partial charge in [0, 0.05) is 32.0 Å². The Bertz CT molecular complexity index is 1380. The summed E-state index contributed by atoms with van der Waals surface area (Å²) in [6.45, 7) is 5.59. The maximum atomic E-state index is 13.3. The van der Waals surface area contributed by atoms with Gasteiger partial charge in [0.1, 0.15) is 22.5 Å². The number of aromatic nitrogens is 5. The van der Waals surface area contributed by atoms with Crippen LogP contribution in [0.2, 0.25) is 0 Å². The van der Waals surface area contributed by atoms with E-state index in [-0.39, 0.29) is 35.7 Å². The number of pyridine rings is 1. The maximum absolute atomic E-state index is 13.3. The van der Waals surface area contributed by atoms with Gasteiger partial charge in [-0.05, 0) is 39.2 Å². The number of ether oxygens (including phenoxy) is 2. The van der Waals surface area contributed by atoms with Crippen LogP contribution >= 0.6 is 0 Å². The summed E-state index contributed by atoms with van der Waals surface area (Å²) < 4.78 is 83.1. The van der Waals surface area contributed by atoms with E-state index in [0.29, 0.717) is 37.8 Å². The summed E-state index contributed by atoms with van der Waals surface area (Å²) in [5.41, 5.74) is -4.49. The fraction of sp³-hybridized carbons (Fsp3) is 0.591. The lowest BCUT2D eigenvalue weighted by Crippen LogP contribution is -2.44. The van der Waals surface area contributed by atoms with E-state index in [2.05, 4.69) is 10.2 Å². The van der Waals surface area contributed by atoms with Crippen molar-refractivity contribution in [3.8, 4) is 17.1 Å². The van der Waals surface area contributed by atoms with Crippen molar-refractivity contribution < 1.29 is 35.2 Å². The minimum Gasteiger partial charge on any atom is -0.377 e. The molecule has 5 heterocycles. The van der Waals surface area contributed by atoms with Gasteiger partial charge in [0.05, 0.1) is 24.9 Å². The van der Waals surface area contributed by atoms with Gasteiger partial charge < -0.3 is 18.6 Å². The fourth-order valence-corrected chi connectivity index (χ4v) is 5.09. The normalized spacial score (nSPS) is 21.5. The molecule has 2 aliphatic heterocycles. The third kappa shape index (κ3) is 4.75. The van der Waals surface area contributed by atoms with Crippen LogP contribution in [-0.4, -0.2) is 70.9 Å². The van der Waals surface area contributed by atoms with Crippen molar-refractivity contribution in [3.05, 3.63) is 18.3 Å². The minimum atomic E-state index is -5.95. The van der Waals surface area contributed by atoms with Crippen molar-refractivity contribution in [2.75, 3.05) is 31.3 Å². The summed E-state index contributed by atoms with van der Waals surface area (Å²) in [5.74, 6) is -0.246. The van der Waals surface area contributed by atoms with E-state index < -0.39 is 21.4 Å². The van der Waals surface area contributed by atoms with Gasteiger partial charge in [0.15, 0.2) is 12.0 Å². The summed E-state index contributed by atoms with van der Waals surface area (Å²) in [7, 11) is -5.95. The first kappa shape index (κ1) is 25.7. The molecule has 2 unspecified atom stereocenters. The highest BCUT2D eigenvalue weighted by Gasteiger charge is 2.49. The highest BCUT2D eigenvalue weighted by Crippen LogP contribution is 2.39. The van der Waals surface area contributed by atoms with Crippen LogP contribution in [0.25, 0.3) is 22.4 Å². The van der Waals surface area contributed by atoms with Crippen molar-refractivity contribution in [3.63, 3.8) is 0 Å². The molecular formula is C22H27F3N6O5S. The van der Waals surface area contributed by atoms with Crippen molar-refractivity contribution >= 4 is 27.0 Å². The van der Waals surface area contributed by atoms with Crippen LogP contribution < -0.4 is 9.08 Å². The molecule has 15 heteroatoms. The molecule has 2 fully saturated rings. The molecule has 2 saturated heterocycles. The molecule has 0 aliphatic carbocycles. The van der Waals surface area contributed by atoms with Crippen molar-refractivity contribution in [1.82, 2.24) is 24.5 Å². The zero-order chi connectivity index (χ0) is 26.4. The number of anilines is 1. The highest BCUT2D eigenvalue weighted by atomic mass is 32.2. The fourth-order valence-electron chi connectivity index (χ4n) is 4.63. The summed E-state index contributed by atoms with van der Waals surface area (Å²) in [6, 6.07) is 2.78. The van der Waals surface area contributed by atoms with Gasteiger partial charge in [-0.15, -0.1) is 0 Å². The number of hydrogen-bond acceptors (Lipinski definition) is 9. The molecule has 0 saturated carbocycles. The smallest absolute Gasteiger partial charge is 0.377 e. The second-order valence-corrected chi connectivity index (χ2v) is 10.5. The molecule has 3 aromatic rings. The molecule has 0 N–H and O–H groups in total. The molecule has 3 aromatic heterocycles. The number of rotatable bonds is 6. The average molecular weight is 545 g/mol. The Hall–Kier alpha value is -2.91. The molecule has 0 radical (unpaired) electrons. The average Bonchev–Trinajstić information content (AvgIpc) is 3.48. The summed E-state index contributed by atoms with van der Waals surface area (Å²) in [6.07, 6.45) is 3.90. The lowest BCUT2D eigenvalue weighted by Gasteiger charge is -2.34. The molecule has 202 valence electrons. The standard InChI is InChI=1S/C22H27F3N6O5S/c1-3-30-21-16(36-37(32,33)22(23,24)25)12-17(29-9-11-34-13-14(29)2)27-20(21)19(28-30)15-7-8-26-31(15)18-6-4-5-10-35-18/h7-8,12,14,18H,3-6,9-11,13H2,1-2H3. The first-order valence-corrected chi connectivity index (χ1v) is 13.4. The van der Waals surface area contributed by atoms with Crippen LogP contribution in [0.4, 0.5) is 19.0 Å². The Morgan fingerprint density at radius 1 is 1.24 bits per heavy atom. The molecular weight excluding hydrogens is 517 g/mol. The third-order valence-corrected chi connectivity index (χ3v) is 7.40. The van der Waals surface area contributed by atoms with Crippen LogP contribution in [-0.2, 0) is 26.1 Å². The molecule has 37 heavy (non-hydrogen) atoms. The Morgan fingerprint density at radius 3 is 2.73 bits per heavy atom. The number of nitrogens with zero attached hydrogens (tertiary/aromatic N) is 6. The van der Waals surface area contributed by atoms with Crippen LogP contribution in [0.15, 0.2) is 18.3 Å². The molecule has 11 nitrogen and oxygen atoms in total. The zero-order valence-corrected chi connectivity index (χ0v) is 21.1. The molecule has 0 amide bonds. The summed E-state index contributed by atoms with van der Waals surface area (Å²) >= 11 is 0. The number of alkyl halides is 3. The third-order valence-electron chi connectivity index (χ3n) is 6.43. The maximum Gasteiger partial charge on any atom is 0.534 e. The number of aryl methyl sites for hydroxylation is 1. The predicted molar refractivity (Wildman–Crippen MR) is 126 cm³/mol. The molecule has 0 bridgehead atoms. The molecule has 5 rings (SSSR count). The summed E-state index contributed by atoms with van der Waals surface area (Å²) in [5, 5.41) is 9.01. The van der Waals surface area contributed by atoms with E-state index >= 15 is 0 Å². The largest absolute Gasteiger partial charge is 0.534 e. The van der Waals surface area contributed by atoms with E-state index in [1.165, 1.54) is 10.7 Å². The molecule has 2 aliphatic rings. The second kappa shape index (κ2) is 9.76. The minimum absolute atomic E-state index is 0.0345. The highest BCUT2D eigenvalue weighted by molar-refractivity contribution is 7.88. The Kier molecular flexibility index (Phi) is 6.79. The number of hydrogen-bond donors (Lipinski definition) is 0. The first-order valence-electron chi connectivity index (χ1n) is 12.0. The van der Waals surface area contributed by atoms with Crippen molar-refractivity contribution in [2.45, 2.75) is 57.4 Å². The first-order chi connectivity index (χ1) is 17.6. The Balaban J connectivity index is 1.72. The van der Waals surface area contributed by atoms with Gasteiger partial charge >= 0.3 is 15.6 Å². The lowest BCUT2D eigenvalue weighted by atomic mass is 10.1. The quantitative estimate of drug-likeness (QED) is 0.340. The lowest BCUT2D eigenvalue weighted by molar-refractivity contribution is -0.0499. The second-order valence-electron chi connectivity index (χ2n) is 8.92. The van der Waals surface area contributed by atoms with Crippen LogP contribution in [0.3, 0.4) is 0 Å². The van der Waals surface area contributed by atoms with Crippen LogP contribution in [0, 0.1) is 0 Å². The molecule has 0 aromatic carbocycles. The Labute approximate surface area is 211 Å². The SMILES string of the molecule is CCn1nc(-c2ccnn2C2CCCCO2)c2nc(N3CCOCC3C)cc(OS(=O)(=O)C(F)(F)F)c21. The predicted octanol–water partition coefficient (Wildman–Crippen LogP) is 3.47. The van der Waals surface area contributed by atoms with Gasteiger partial charge in [-0.1, -0.05) is 0 Å². The van der Waals surface area contributed by atoms with E-state index in [9.17, 15) is 21.6 Å². The number of morpholine rings is 1. The van der Waals surface area contributed by atoms with Crippen LogP contribution in [0.5, 0.6) is 5.75 Å². The Morgan fingerprint density at radius 2 is 2.05 bits per heavy atom. The van der Waals surface area contributed by atoms with Gasteiger partial charge in [-0.2, -0.15) is 31.8 Å². The number of halogens is 3. The number of fused-ring (bicyclic) bond motifs is 1. The zero-order valence-electron chi connectivity index (χ0n) is 20.3. The van der Waals surface area contributed by atoms with E-state index in [1.54, 1.807) is 23.9 Å². The van der Waals surface area contributed by atoms with Crippen LogP contribution in [0.1, 0.15) is 39.3 Å². The van der Waals surface area contributed by atoms with Gasteiger partial charge in [-0.3, -0.25) is 4.68 Å². The van der Waals surface area contributed by atoms with Gasteiger partial charge in [-0.25, -0.2) is 9.67 Å². The molecule has 0 spiro atoms. The van der Waals surface area contributed by atoms with E-state index in [4.69, 9.17) is 18.6 Å². The van der Waals surface area contributed by atoms with Crippen molar-refractivity contribution in [2.24, 2.45) is 0 Å². The topological polar surface area (TPSA) is 114 Å². The monoisotopic (exact) mass is 544 g/mol. The summed E-state index contributed by atoms with van der Waals surface area (Å²) in [4.78, 5) is 6.60. The van der Waals surface area contributed by atoms with Crippen molar-refractivity contribution in [1.29, 1.82) is 0 Å². The van der Waals surface area contributed by atoms with Gasteiger partial charge in [0.25, 0.3) is 0 Å².